The molecule has 0 bridgehead atoms. The molecule has 1 fully saturated rings. The van der Waals surface area contributed by atoms with E-state index in [-0.39, 0.29) is 22.7 Å². The van der Waals surface area contributed by atoms with E-state index in [4.69, 9.17) is 0 Å². The Balaban J connectivity index is 1.65. The van der Waals surface area contributed by atoms with Crippen molar-refractivity contribution in [1.82, 2.24) is 14.7 Å². The van der Waals surface area contributed by atoms with Crippen LogP contribution in [0.15, 0.2) is 18.2 Å². The summed E-state index contributed by atoms with van der Waals surface area (Å²) >= 11 is 0. The smallest absolute Gasteiger partial charge is 0.270 e. The van der Waals surface area contributed by atoms with Crippen LogP contribution in [-0.4, -0.2) is 76.0 Å². The molecule has 10 heteroatoms. The van der Waals surface area contributed by atoms with Crippen LogP contribution >= 0.6 is 0 Å². The maximum atomic E-state index is 12.6. The number of imide groups is 1. The third kappa shape index (κ3) is 3.82. The number of benzene rings is 1. The van der Waals surface area contributed by atoms with Gasteiger partial charge in [0.1, 0.15) is 6.54 Å². The first-order valence-electron chi connectivity index (χ1n) is 9.22. The summed E-state index contributed by atoms with van der Waals surface area (Å²) in [6.07, 6.45) is 0. The van der Waals surface area contributed by atoms with E-state index in [2.05, 4.69) is 0 Å². The Hall–Kier alpha value is -3.30. The number of nitro groups is 1. The van der Waals surface area contributed by atoms with Crippen molar-refractivity contribution in [2.75, 3.05) is 32.7 Å². The van der Waals surface area contributed by atoms with Crippen molar-refractivity contribution in [3.05, 3.63) is 39.4 Å². The fraction of sp³-hybridized carbons (Fsp3) is 0.474. The molecule has 0 atom stereocenters. The molecule has 2 aliphatic rings. The van der Waals surface area contributed by atoms with Crippen LogP contribution < -0.4 is 0 Å². The van der Waals surface area contributed by atoms with Crippen molar-refractivity contribution in [2.24, 2.45) is 5.41 Å². The lowest BCUT2D eigenvalue weighted by Gasteiger charge is -2.38. The largest absolute Gasteiger partial charge is 0.339 e. The lowest BCUT2D eigenvalue weighted by Crippen LogP contribution is -2.54. The molecule has 29 heavy (non-hydrogen) atoms. The minimum absolute atomic E-state index is 0.00606. The van der Waals surface area contributed by atoms with E-state index >= 15 is 0 Å². The fourth-order valence-electron chi connectivity index (χ4n) is 3.40. The number of fused-ring (bicyclic) bond motifs is 1. The van der Waals surface area contributed by atoms with Crippen LogP contribution in [0.5, 0.6) is 0 Å². The van der Waals surface area contributed by atoms with Crippen LogP contribution in [0.3, 0.4) is 0 Å². The zero-order valence-corrected chi connectivity index (χ0v) is 16.5. The van der Waals surface area contributed by atoms with Gasteiger partial charge in [0.25, 0.3) is 17.5 Å². The third-order valence-electron chi connectivity index (χ3n) is 5.02. The zero-order valence-electron chi connectivity index (χ0n) is 16.5. The van der Waals surface area contributed by atoms with E-state index < -0.39 is 34.6 Å². The molecule has 1 aromatic carbocycles. The van der Waals surface area contributed by atoms with Crippen LogP contribution in [-0.2, 0) is 9.59 Å². The molecule has 0 unspecified atom stereocenters. The quantitative estimate of drug-likeness (QED) is 0.421. The Bertz CT molecular complexity index is 912. The molecule has 154 valence electrons. The van der Waals surface area contributed by atoms with Gasteiger partial charge in [0, 0.05) is 43.7 Å². The monoisotopic (exact) mass is 402 g/mol. The first-order valence-corrected chi connectivity index (χ1v) is 9.22. The van der Waals surface area contributed by atoms with Gasteiger partial charge in [-0.15, -0.1) is 0 Å². The first-order chi connectivity index (χ1) is 13.5. The molecule has 0 aliphatic carbocycles. The predicted octanol–water partition coefficient (Wildman–Crippen LogP) is 0.908. The molecular formula is C19H22N4O6. The maximum Gasteiger partial charge on any atom is 0.270 e. The standard InChI is InChI=1S/C19H22N4O6/c1-19(2,3)18(27)21-8-6-20(7-9-21)15(24)11-22-16(25)13-5-4-12(23(28)29)10-14(13)17(22)26/h4-5,10H,6-9,11H2,1-3H3. The van der Waals surface area contributed by atoms with Crippen LogP contribution in [0, 0.1) is 15.5 Å². The minimum atomic E-state index is -0.719. The van der Waals surface area contributed by atoms with E-state index in [0.29, 0.717) is 26.2 Å². The number of hydrogen-bond acceptors (Lipinski definition) is 6. The maximum absolute atomic E-state index is 12.6. The molecule has 1 aromatic rings. The van der Waals surface area contributed by atoms with Gasteiger partial charge in [0.05, 0.1) is 16.1 Å². The molecule has 0 saturated carbocycles. The molecule has 2 heterocycles. The summed E-state index contributed by atoms with van der Waals surface area (Å²) in [6.45, 7) is 6.46. The molecule has 0 aromatic heterocycles. The number of carbonyl (C=O) groups excluding carboxylic acids is 4. The number of rotatable bonds is 3. The second-order valence-electron chi connectivity index (χ2n) is 8.11. The van der Waals surface area contributed by atoms with E-state index in [1.807, 2.05) is 20.8 Å². The Morgan fingerprint density at radius 3 is 2.10 bits per heavy atom. The highest BCUT2D eigenvalue weighted by Gasteiger charge is 2.39. The van der Waals surface area contributed by atoms with Crippen molar-refractivity contribution in [3.63, 3.8) is 0 Å². The summed E-state index contributed by atoms with van der Waals surface area (Å²) < 4.78 is 0. The number of carbonyl (C=O) groups is 4. The van der Waals surface area contributed by atoms with Gasteiger partial charge in [-0.05, 0) is 6.07 Å². The first kappa shape index (κ1) is 20.4. The molecule has 0 spiro atoms. The summed E-state index contributed by atoms with van der Waals surface area (Å²) in [7, 11) is 0. The highest BCUT2D eigenvalue weighted by molar-refractivity contribution is 6.22. The molecule has 3 rings (SSSR count). The average molecular weight is 402 g/mol. The Morgan fingerprint density at radius 1 is 1.00 bits per heavy atom. The van der Waals surface area contributed by atoms with Gasteiger partial charge in [-0.3, -0.25) is 34.2 Å². The highest BCUT2D eigenvalue weighted by atomic mass is 16.6. The second kappa shape index (κ2) is 7.26. The highest BCUT2D eigenvalue weighted by Crippen LogP contribution is 2.27. The lowest BCUT2D eigenvalue weighted by molar-refractivity contribution is -0.384. The van der Waals surface area contributed by atoms with Gasteiger partial charge in [0.15, 0.2) is 0 Å². The van der Waals surface area contributed by atoms with Gasteiger partial charge >= 0.3 is 0 Å². The summed E-state index contributed by atoms with van der Waals surface area (Å²) in [4.78, 5) is 64.2. The van der Waals surface area contributed by atoms with E-state index in [0.717, 1.165) is 17.0 Å². The normalized spacial score (nSPS) is 16.9. The molecule has 2 aliphatic heterocycles. The van der Waals surface area contributed by atoms with Gasteiger partial charge < -0.3 is 9.80 Å². The number of non-ortho nitro benzene ring substituents is 1. The van der Waals surface area contributed by atoms with E-state index in [1.165, 1.54) is 11.0 Å². The van der Waals surface area contributed by atoms with Crippen LogP contribution in [0.1, 0.15) is 41.5 Å². The molecule has 10 nitrogen and oxygen atoms in total. The summed E-state index contributed by atoms with van der Waals surface area (Å²) in [5.74, 6) is -1.76. The van der Waals surface area contributed by atoms with Crippen molar-refractivity contribution in [2.45, 2.75) is 20.8 Å². The molecular weight excluding hydrogens is 380 g/mol. The van der Waals surface area contributed by atoms with E-state index in [1.54, 1.807) is 4.90 Å². The van der Waals surface area contributed by atoms with Crippen molar-refractivity contribution < 1.29 is 24.1 Å². The summed E-state index contributed by atoms with van der Waals surface area (Å²) in [5, 5.41) is 10.9. The number of nitrogens with zero attached hydrogens (tertiary/aromatic N) is 4. The van der Waals surface area contributed by atoms with Crippen molar-refractivity contribution in [3.8, 4) is 0 Å². The van der Waals surface area contributed by atoms with Gasteiger partial charge in [-0.2, -0.15) is 0 Å². The average Bonchev–Trinajstić information content (AvgIpc) is 2.91. The molecule has 4 amide bonds. The number of piperazine rings is 1. The molecule has 1 saturated heterocycles. The number of hydrogen-bond donors (Lipinski definition) is 0. The topological polar surface area (TPSA) is 121 Å². The zero-order chi connectivity index (χ0) is 21.5. The molecule has 0 radical (unpaired) electrons. The van der Waals surface area contributed by atoms with Gasteiger partial charge in [0.2, 0.25) is 11.8 Å². The third-order valence-corrected chi connectivity index (χ3v) is 5.02. The minimum Gasteiger partial charge on any atom is -0.339 e. The number of amides is 4. The van der Waals surface area contributed by atoms with Crippen LogP contribution in [0.2, 0.25) is 0 Å². The second-order valence-corrected chi connectivity index (χ2v) is 8.11. The van der Waals surface area contributed by atoms with Crippen molar-refractivity contribution in [1.29, 1.82) is 0 Å². The van der Waals surface area contributed by atoms with Crippen LogP contribution in [0.25, 0.3) is 0 Å². The Kier molecular flexibility index (Phi) is 5.12. The Labute approximate surface area is 167 Å². The summed E-state index contributed by atoms with van der Waals surface area (Å²) in [5.41, 5.74) is -0.820. The Morgan fingerprint density at radius 2 is 1.55 bits per heavy atom. The molecule has 0 N–H and O–H groups in total. The van der Waals surface area contributed by atoms with Gasteiger partial charge in [-0.25, -0.2) is 0 Å². The van der Waals surface area contributed by atoms with E-state index in [9.17, 15) is 29.3 Å². The fourth-order valence-corrected chi connectivity index (χ4v) is 3.40. The lowest BCUT2D eigenvalue weighted by atomic mass is 9.94. The van der Waals surface area contributed by atoms with Gasteiger partial charge in [-0.1, -0.05) is 20.8 Å². The number of nitro benzene ring substituents is 1. The van der Waals surface area contributed by atoms with Crippen molar-refractivity contribution >= 4 is 29.3 Å². The SMILES string of the molecule is CC(C)(C)C(=O)N1CCN(C(=O)CN2C(=O)c3ccc([N+](=O)[O-])cc3C2=O)CC1. The summed E-state index contributed by atoms with van der Waals surface area (Å²) in [6, 6.07) is 3.44. The van der Waals surface area contributed by atoms with Crippen LogP contribution in [0.4, 0.5) is 5.69 Å². The predicted molar refractivity (Wildman–Crippen MR) is 101 cm³/mol.